The molecular formula is C20H28N4O. The average molecular weight is 340 g/mol. The summed E-state index contributed by atoms with van der Waals surface area (Å²) in [5.74, 6) is 1.65. The van der Waals surface area contributed by atoms with Gasteiger partial charge in [-0.15, -0.1) is 0 Å². The van der Waals surface area contributed by atoms with Crippen molar-refractivity contribution in [3.8, 4) is 0 Å². The molecule has 0 radical (unpaired) electrons. The highest BCUT2D eigenvalue weighted by Crippen LogP contribution is 2.28. The summed E-state index contributed by atoms with van der Waals surface area (Å²) in [6.45, 7) is 11.6. The number of hydrogen-bond acceptors (Lipinski definition) is 5. The number of nitrogens with one attached hydrogen (secondary N) is 1. The van der Waals surface area contributed by atoms with E-state index in [2.05, 4.69) is 41.2 Å². The van der Waals surface area contributed by atoms with Gasteiger partial charge in [-0.25, -0.2) is 4.98 Å². The lowest BCUT2D eigenvalue weighted by atomic mass is 9.91. The monoisotopic (exact) mass is 340 g/mol. The minimum Gasteiger partial charge on any atom is -0.386 e. The first kappa shape index (κ1) is 17.7. The van der Waals surface area contributed by atoms with Gasteiger partial charge >= 0.3 is 0 Å². The molecule has 0 amide bonds. The smallest absolute Gasteiger partial charge is 0.225 e. The van der Waals surface area contributed by atoms with E-state index in [4.69, 9.17) is 4.98 Å². The quantitative estimate of drug-likeness (QED) is 0.893. The Morgan fingerprint density at radius 1 is 1.16 bits per heavy atom. The number of benzene rings is 1. The van der Waals surface area contributed by atoms with E-state index in [1.165, 1.54) is 11.1 Å². The van der Waals surface area contributed by atoms with Crippen molar-refractivity contribution >= 4 is 11.8 Å². The number of aromatic nitrogens is 2. The van der Waals surface area contributed by atoms with Gasteiger partial charge in [-0.3, -0.25) is 0 Å². The fourth-order valence-corrected chi connectivity index (χ4v) is 3.17. The molecule has 1 aromatic carbocycles. The molecular weight excluding hydrogens is 312 g/mol. The van der Waals surface area contributed by atoms with Crippen LogP contribution in [0.25, 0.3) is 0 Å². The first-order valence-corrected chi connectivity index (χ1v) is 8.94. The molecule has 5 nitrogen and oxygen atoms in total. The van der Waals surface area contributed by atoms with Gasteiger partial charge in [0.05, 0.1) is 5.60 Å². The zero-order valence-electron chi connectivity index (χ0n) is 15.8. The third-order valence-corrected chi connectivity index (χ3v) is 4.51. The van der Waals surface area contributed by atoms with Gasteiger partial charge in [0.15, 0.2) is 0 Å². The number of hydrogen-bond donors (Lipinski definition) is 2. The Kier molecular flexibility index (Phi) is 4.69. The molecule has 25 heavy (non-hydrogen) atoms. The molecule has 0 bridgehead atoms. The highest BCUT2D eigenvalue weighted by Gasteiger charge is 2.22. The fraction of sp³-hybridized carbons (Fsp3) is 0.500. The third kappa shape index (κ3) is 4.10. The molecule has 5 heteroatoms. The van der Waals surface area contributed by atoms with E-state index >= 15 is 0 Å². The van der Waals surface area contributed by atoms with Crippen molar-refractivity contribution in [1.29, 1.82) is 0 Å². The normalized spacial score (nSPS) is 14.6. The van der Waals surface area contributed by atoms with Gasteiger partial charge in [-0.1, -0.05) is 18.2 Å². The zero-order chi connectivity index (χ0) is 18.2. The van der Waals surface area contributed by atoms with Crippen molar-refractivity contribution in [3.05, 3.63) is 46.6 Å². The molecule has 0 spiro atoms. The number of rotatable bonds is 4. The summed E-state index contributed by atoms with van der Waals surface area (Å²) in [7, 11) is 0. The van der Waals surface area contributed by atoms with Crippen LogP contribution in [0.4, 0.5) is 11.8 Å². The Labute approximate surface area is 150 Å². The average Bonchev–Trinajstić information content (AvgIpc) is 2.51. The van der Waals surface area contributed by atoms with Crippen molar-refractivity contribution < 1.29 is 5.11 Å². The van der Waals surface area contributed by atoms with Crippen LogP contribution < -0.4 is 10.2 Å². The molecule has 134 valence electrons. The molecule has 0 fully saturated rings. The third-order valence-electron chi connectivity index (χ3n) is 4.51. The highest BCUT2D eigenvalue weighted by molar-refractivity contribution is 5.49. The van der Waals surface area contributed by atoms with E-state index < -0.39 is 5.60 Å². The van der Waals surface area contributed by atoms with Crippen molar-refractivity contribution in [2.45, 2.75) is 59.2 Å². The lowest BCUT2D eigenvalue weighted by molar-refractivity contribution is 0.0785. The Morgan fingerprint density at radius 2 is 1.92 bits per heavy atom. The van der Waals surface area contributed by atoms with Crippen LogP contribution in [0.2, 0.25) is 0 Å². The van der Waals surface area contributed by atoms with Crippen LogP contribution in [0.1, 0.15) is 50.1 Å². The molecule has 0 unspecified atom stereocenters. The summed E-state index contributed by atoms with van der Waals surface area (Å²) in [4.78, 5) is 11.5. The topological polar surface area (TPSA) is 61.3 Å². The number of nitrogens with zero attached hydrogens (tertiary/aromatic N) is 3. The van der Waals surface area contributed by atoms with Gasteiger partial charge in [0, 0.05) is 30.9 Å². The molecule has 0 aliphatic carbocycles. The van der Waals surface area contributed by atoms with E-state index in [1.54, 1.807) is 0 Å². The predicted molar refractivity (Wildman–Crippen MR) is 102 cm³/mol. The zero-order valence-corrected chi connectivity index (χ0v) is 15.8. The summed E-state index contributed by atoms with van der Waals surface area (Å²) < 4.78 is 0. The number of aliphatic hydroxyl groups is 1. The van der Waals surface area contributed by atoms with Crippen molar-refractivity contribution in [2.24, 2.45) is 0 Å². The van der Waals surface area contributed by atoms with E-state index in [-0.39, 0.29) is 0 Å². The second kappa shape index (κ2) is 6.64. The van der Waals surface area contributed by atoms with Crippen LogP contribution in [-0.4, -0.2) is 27.7 Å². The number of anilines is 2. The minimum absolute atomic E-state index is 0.303. The van der Waals surface area contributed by atoms with Gasteiger partial charge in [-0.05, 0) is 57.7 Å². The SMILES string of the molecule is Cc1cc(N2CCc3cc(C(C)(C)O)ccc3C2)nc(NC(C)C)n1. The summed E-state index contributed by atoms with van der Waals surface area (Å²) in [5, 5.41) is 13.5. The summed E-state index contributed by atoms with van der Waals surface area (Å²) in [5.41, 5.74) is 3.77. The van der Waals surface area contributed by atoms with Crippen LogP contribution in [0, 0.1) is 6.92 Å². The first-order chi connectivity index (χ1) is 11.7. The van der Waals surface area contributed by atoms with Gasteiger partial charge < -0.3 is 15.3 Å². The maximum atomic E-state index is 10.2. The molecule has 1 aliphatic rings. The lowest BCUT2D eigenvalue weighted by Gasteiger charge is -2.31. The Bertz CT molecular complexity index is 765. The van der Waals surface area contributed by atoms with Gasteiger partial charge in [0.25, 0.3) is 0 Å². The number of aryl methyl sites for hydroxylation is 1. The van der Waals surface area contributed by atoms with Crippen LogP contribution in [0.3, 0.4) is 0 Å². The molecule has 0 saturated heterocycles. The molecule has 3 rings (SSSR count). The maximum absolute atomic E-state index is 10.2. The van der Waals surface area contributed by atoms with E-state index in [0.717, 1.165) is 36.6 Å². The van der Waals surface area contributed by atoms with Crippen molar-refractivity contribution in [2.75, 3.05) is 16.8 Å². The lowest BCUT2D eigenvalue weighted by Crippen LogP contribution is -2.32. The van der Waals surface area contributed by atoms with E-state index in [9.17, 15) is 5.11 Å². The van der Waals surface area contributed by atoms with Crippen molar-refractivity contribution in [1.82, 2.24) is 9.97 Å². The standard InChI is InChI=1S/C20H28N4O/c1-13(2)21-19-22-14(3)10-18(23-19)24-9-8-15-11-17(20(4,5)25)7-6-16(15)12-24/h6-7,10-11,13,25H,8-9,12H2,1-5H3,(H,21,22,23). The summed E-state index contributed by atoms with van der Waals surface area (Å²) >= 11 is 0. The van der Waals surface area contributed by atoms with Crippen LogP contribution in [-0.2, 0) is 18.6 Å². The highest BCUT2D eigenvalue weighted by atomic mass is 16.3. The maximum Gasteiger partial charge on any atom is 0.225 e. The summed E-state index contributed by atoms with van der Waals surface area (Å²) in [6, 6.07) is 8.65. The molecule has 1 aliphatic heterocycles. The van der Waals surface area contributed by atoms with Gasteiger partial charge in [-0.2, -0.15) is 4.98 Å². The fourth-order valence-electron chi connectivity index (χ4n) is 3.17. The largest absolute Gasteiger partial charge is 0.386 e. The Morgan fingerprint density at radius 3 is 2.60 bits per heavy atom. The van der Waals surface area contributed by atoms with Gasteiger partial charge in [0.1, 0.15) is 5.82 Å². The number of fused-ring (bicyclic) bond motifs is 1. The molecule has 0 atom stereocenters. The second-order valence-electron chi connectivity index (χ2n) is 7.70. The van der Waals surface area contributed by atoms with Gasteiger partial charge in [0.2, 0.25) is 5.95 Å². The predicted octanol–water partition coefficient (Wildman–Crippen LogP) is 3.40. The van der Waals surface area contributed by atoms with Crippen molar-refractivity contribution in [3.63, 3.8) is 0 Å². The summed E-state index contributed by atoms with van der Waals surface area (Å²) in [6.07, 6.45) is 0.954. The molecule has 2 aromatic rings. The Hall–Kier alpha value is -2.14. The second-order valence-corrected chi connectivity index (χ2v) is 7.70. The molecule has 2 heterocycles. The van der Waals surface area contributed by atoms with Crippen LogP contribution in [0.5, 0.6) is 0 Å². The molecule has 0 saturated carbocycles. The van der Waals surface area contributed by atoms with Crippen LogP contribution in [0.15, 0.2) is 24.3 Å². The molecule has 1 aromatic heterocycles. The van der Waals surface area contributed by atoms with Crippen LogP contribution >= 0.6 is 0 Å². The first-order valence-electron chi connectivity index (χ1n) is 8.94. The minimum atomic E-state index is -0.798. The van der Waals surface area contributed by atoms with E-state index in [0.29, 0.717) is 12.0 Å². The molecule has 2 N–H and O–H groups in total. The van der Waals surface area contributed by atoms with E-state index in [1.807, 2.05) is 32.9 Å². The Balaban J connectivity index is 1.84.